The minimum atomic E-state index is -4.49. The standard InChI is InChI=1S/C29H32F3N5O4/c1-2-41-26(39)24(17-20-7-4-3-5-8-20)34-27(40)28(12-14-33-15-13-28)35-25(38)19-37-16-11-23(36-37)21-9-6-10-22(18-21)29(30,31)32/h3-11,16,18,24,33H,2,12-15,17,19H2,1H3,(H,34,40)(H,35,38). The third kappa shape index (κ3) is 7.72. The van der Waals surface area contributed by atoms with Crippen LogP contribution >= 0.6 is 0 Å². The van der Waals surface area contributed by atoms with Crippen molar-refractivity contribution < 1.29 is 32.3 Å². The molecule has 0 spiro atoms. The van der Waals surface area contributed by atoms with Gasteiger partial charge < -0.3 is 20.7 Å². The Labute approximate surface area is 235 Å². The molecule has 1 fully saturated rings. The molecule has 0 bridgehead atoms. The lowest BCUT2D eigenvalue weighted by Crippen LogP contribution is -2.65. The first-order chi connectivity index (χ1) is 19.6. The van der Waals surface area contributed by atoms with E-state index in [9.17, 15) is 27.6 Å². The molecule has 1 atom stereocenters. The van der Waals surface area contributed by atoms with E-state index in [1.54, 1.807) is 6.92 Å². The number of amides is 2. The highest BCUT2D eigenvalue weighted by Gasteiger charge is 2.42. The molecule has 2 heterocycles. The summed E-state index contributed by atoms with van der Waals surface area (Å²) in [7, 11) is 0. The van der Waals surface area contributed by atoms with Crippen LogP contribution in [0.5, 0.6) is 0 Å². The Morgan fingerprint density at radius 2 is 1.80 bits per heavy atom. The summed E-state index contributed by atoms with van der Waals surface area (Å²) in [6.45, 7) is 2.52. The van der Waals surface area contributed by atoms with Gasteiger partial charge in [-0.1, -0.05) is 42.5 Å². The number of esters is 1. The highest BCUT2D eigenvalue weighted by molar-refractivity contribution is 5.94. The van der Waals surface area contributed by atoms with Crippen LogP contribution in [0.4, 0.5) is 13.2 Å². The molecule has 4 rings (SSSR count). The summed E-state index contributed by atoms with van der Waals surface area (Å²) < 4.78 is 45.8. The lowest BCUT2D eigenvalue weighted by Gasteiger charge is -2.37. The minimum absolute atomic E-state index is 0.151. The van der Waals surface area contributed by atoms with Crippen LogP contribution in [0.25, 0.3) is 11.3 Å². The van der Waals surface area contributed by atoms with Gasteiger partial charge in [0.25, 0.3) is 0 Å². The monoisotopic (exact) mass is 571 g/mol. The van der Waals surface area contributed by atoms with Crippen molar-refractivity contribution in [1.82, 2.24) is 25.7 Å². The van der Waals surface area contributed by atoms with Gasteiger partial charge in [-0.3, -0.25) is 14.3 Å². The second kappa shape index (κ2) is 13.0. The highest BCUT2D eigenvalue weighted by atomic mass is 19.4. The predicted molar refractivity (Wildman–Crippen MR) is 144 cm³/mol. The number of carbonyl (C=O) groups excluding carboxylic acids is 3. The van der Waals surface area contributed by atoms with Crippen molar-refractivity contribution in [3.63, 3.8) is 0 Å². The largest absolute Gasteiger partial charge is 0.464 e. The van der Waals surface area contributed by atoms with E-state index in [1.807, 2.05) is 30.3 Å². The van der Waals surface area contributed by atoms with Crippen LogP contribution in [-0.2, 0) is 38.3 Å². The van der Waals surface area contributed by atoms with Gasteiger partial charge in [0.1, 0.15) is 18.1 Å². The zero-order valence-electron chi connectivity index (χ0n) is 22.5. The van der Waals surface area contributed by atoms with Gasteiger partial charge in [0.15, 0.2) is 0 Å². The van der Waals surface area contributed by atoms with Crippen LogP contribution in [0.1, 0.15) is 30.9 Å². The van der Waals surface area contributed by atoms with Crippen LogP contribution in [0.15, 0.2) is 66.9 Å². The molecule has 218 valence electrons. The van der Waals surface area contributed by atoms with E-state index in [0.29, 0.717) is 25.9 Å². The number of rotatable bonds is 10. The van der Waals surface area contributed by atoms with Gasteiger partial charge in [0.2, 0.25) is 11.8 Å². The average molecular weight is 572 g/mol. The van der Waals surface area contributed by atoms with Crippen LogP contribution in [0, 0.1) is 0 Å². The Morgan fingerprint density at radius 1 is 1.07 bits per heavy atom. The summed E-state index contributed by atoms with van der Waals surface area (Å²) in [5.74, 6) is -1.57. The number of halogens is 3. The molecule has 0 aliphatic carbocycles. The fourth-order valence-electron chi connectivity index (χ4n) is 4.76. The molecule has 1 aliphatic rings. The van der Waals surface area contributed by atoms with Gasteiger partial charge in [-0.05, 0) is 56.6 Å². The Balaban J connectivity index is 1.47. The number of nitrogens with zero attached hydrogens (tertiary/aromatic N) is 2. The molecule has 2 amide bonds. The summed E-state index contributed by atoms with van der Waals surface area (Å²) in [5.41, 5.74) is -0.701. The van der Waals surface area contributed by atoms with E-state index in [-0.39, 0.29) is 30.8 Å². The first kappa shape index (κ1) is 29.8. The fourth-order valence-corrected chi connectivity index (χ4v) is 4.76. The Kier molecular flexibility index (Phi) is 9.43. The Hall–Kier alpha value is -4.19. The number of carbonyl (C=O) groups is 3. The van der Waals surface area contributed by atoms with E-state index >= 15 is 0 Å². The van der Waals surface area contributed by atoms with Crippen LogP contribution in [0.3, 0.4) is 0 Å². The van der Waals surface area contributed by atoms with Crippen LogP contribution < -0.4 is 16.0 Å². The lowest BCUT2D eigenvalue weighted by molar-refractivity contribution is -0.148. The van der Waals surface area contributed by atoms with Crippen molar-refractivity contribution in [2.45, 2.75) is 50.5 Å². The van der Waals surface area contributed by atoms with Crippen molar-refractivity contribution >= 4 is 17.8 Å². The molecule has 0 radical (unpaired) electrons. The van der Waals surface area contributed by atoms with Gasteiger partial charge in [-0.25, -0.2) is 4.79 Å². The van der Waals surface area contributed by atoms with E-state index in [1.165, 1.54) is 29.1 Å². The third-order valence-corrected chi connectivity index (χ3v) is 6.86. The molecule has 12 heteroatoms. The maximum absolute atomic E-state index is 13.6. The van der Waals surface area contributed by atoms with Gasteiger partial charge in [-0.2, -0.15) is 18.3 Å². The smallest absolute Gasteiger partial charge is 0.416 e. The number of nitrogens with one attached hydrogen (secondary N) is 3. The maximum atomic E-state index is 13.6. The summed E-state index contributed by atoms with van der Waals surface area (Å²) in [6.07, 6.45) is -2.20. The minimum Gasteiger partial charge on any atom is -0.464 e. The topological polar surface area (TPSA) is 114 Å². The lowest BCUT2D eigenvalue weighted by atomic mass is 9.86. The summed E-state index contributed by atoms with van der Waals surface area (Å²) in [6, 6.07) is 14.6. The van der Waals surface area contributed by atoms with Crippen LogP contribution in [0.2, 0.25) is 0 Å². The van der Waals surface area contributed by atoms with E-state index in [0.717, 1.165) is 17.7 Å². The van der Waals surface area contributed by atoms with Crippen LogP contribution in [-0.4, -0.2) is 58.8 Å². The van der Waals surface area contributed by atoms with E-state index in [4.69, 9.17) is 4.74 Å². The molecule has 41 heavy (non-hydrogen) atoms. The number of hydrogen-bond acceptors (Lipinski definition) is 6. The number of benzene rings is 2. The van der Waals surface area contributed by atoms with E-state index in [2.05, 4.69) is 21.0 Å². The molecule has 3 aromatic rings. The number of piperidine rings is 1. The van der Waals surface area contributed by atoms with Gasteiger partial charge >= 0.3 is 12.1 Å². The Morgan fingerprint density at radius 3 is 2.49 bits per heavy atom. The molecule has 1 saturated heterocycles. The molecule has 1 unspecified atom stereocenters. The van der Waals surface area contributed by atoms with E-state index < -0.39 is 41.1 Å². The third-order valence-electron chi connectivity index (χ3n) is 6.86. The number of aromatic nitrogens is 2. The fraction of sp³-hybridized carbons (Fsp3) is 0.379. The van der Waals surface area contributed by atoms with Gasteiger partial charge in [0.05, 0.1) is 17.9 Å². The quantitative estimate of drug-likeness (QED) is 0.323. The van der Waals surface area contributed by atoms with Crippen molar-refractivity contribution in [2.24, 2.45) is 0 Å². The molecule has 9 nitrogen and oxygen atoms in total. The van der Waals surface area contributed by atoms with Crippen molar-refractivity contribution in [2.75, 3.05) is 19.7 Å². The highest BCUT2D eigenvalue weighted by Crippen LogP contribution is 2.31. The zero-order chi connectivity index (χ0) is 29.5. The molecule has 1 aromatic heterocycles. The number of alkyl halides is 3. The molecular formula is C29H32F3N5O4. The zero-order valence-corrected chi connectivity index (χ0v) is 22.5. The Bertz CT molecular complexity index is 1350. The first-order valence-electron chi connectivity index (χ1n) is 13.3. The normalized spacial score (nSPS) is 15.5. The summed E-state index contributed by atoms with van der Waals surface area (Å²) in [4.78, 5) is 39.5. The molecule has 3 N–H and O–H groups in total. The van der Waals surface area contributed by atoms with Gasteiger partial charge in [-0.15, -0.1) is 0 Å². The van der Waals surface area contributed by atoms with Crippen molar-refractivity contribution in [3.8, 4) is 11.3 Å². The second-order valence-corrected chi connectivity index (χ2v) is 9.83. The molecular weight excluding hydrogens is 539 g/mol. The van der Waals surface area contributed by atoms with Crippen molar-refractivity contribution in [1.29, 1.82) is 0 Å². The molecule has 1 aliphatic heterocycles. The summed E-state index contributed by atoms with van der Waals surface area (Å²) in [5, 5.41) is 13.1. The predicted octanol–water partition coefficient (Wildman–Crippen LogP) is 3.10. The molecule has 0 saturated carbocycles. The number of hydrogen-bond donors (Lipinski definition) is 3. The molecule has 2 aromatic carbocycles. The number of ether oxygens (including phenoxy) is 1. The first-order valence-corrected chi connectivity index (χ1v) is 13.3. The second-order valence-electron chi connectivity index (χ2n) is 9.83. The maximum Gasteiger partial charge on any atom is 0.416 e. The van der Waals surface area contributed by atoms with Gasteiger partial charge in [0, 0.05) is 18.2 Å². The average Bonchev–Trinajstić information content (AvgIpc) is 3.41. The van der Waals surface area contributed by atoms with Crippen molar-refractivity contribution in [3.05, 3.63) is 78.0 Å². The summed E-state index contributed by atoms with van der Waals surface area (Å²) >= 11 is 0. The SMILES string of the molecule is CCOC(=O)C(Cc1ccccc1)NC(=O)C1(NC(=O)Cn2ccc(-c3cccc(C(F)(F)F)c3)n2)CCNCC1.